The lowest BCUT2D eigenvalue weighted by Crippen LogP contribution is -2.32. The zero-order valence-corrected chi connectivity index (χ0v) is 16.9. The molecule has 0 heterocycles. The van der Waals surface area contributed by atoms with Crippen molar-refractivity contribution in [1.29, 1.82) is 0 Å². The van der Waals surface area contributed by atoms with Crippen LogP contribution in [0.5, 0.6) is 5.75 Å². The molecule has 0 aliphatic heterocycles. The maximum Gasteiger partial charge on any atom is 0.265 e. The molecule has 0 aliphatic carbocycles. The molecule has 3 aromatic rings. The van der Waals surface area contributed by atoms with Gasteiger partial charge in [-0.15, -0.1) is 0 Å². The minimum Gasteiger partial charge on any atom is -0.481 e. The number of amides is 2. The normalized spacial score (nSPS) is 11.9. The van der Waals surface area contributed by atoms with Crippen molar-refractivity contribution < 1.29 is 14.3 Å². The van der Waals surface area contributed by atoms with Gasteiger partial charge in [-0.1, -0.05) is 56.3 Å². The molecule has 0 saturated heterocycles. The van der Waals surface area contributed by atoms with Gasteiger partial charge in [0.1, 0.15) is 5.75 Å². The van der Waals surface area contributed by atoms with Crippen molar-refractivity contribution in [2.45, 2.75) is 26.9 Å². The number of hydrogen-bond acceptors (Lipinski definition) is 3. The van der Waals surface area contributed by atoms with Gasteiger partial charge in [0.25, 0.3) is 11.8 Å². The first-order valence-electron chi connectivity index (χ1n) is 9.77. The Balaban J connectivity index is 1.68. The summed E-state index contributed by atoms with van der Waals surface area (Å²) in [4.78, 5) is 25.1. The molecule has 2 N–H and O–H groups in total. The Kier molecular flexibility index (Phi) is 6.50. The van der Waals surface area contributed by atoms with Crippen LogP contribution in [0, 0.1) is 5.92 Å². The Morgan fingerprint density at radius 3 is 2.34 bits per heavy atom. The molecule has 5 nitrogen and oxygen atoms in total. The Bertz CT molecular complexity index is 1010. The molecular weight excluding hydrogens is 364 g/mol. The lowest BCUT2D eigenvalue weighted by molar-refractivity contribution is -0.122. The van der Waals surface area contributed by atoms with Crippen molar-refractivity contribution in [3.05, 3.63) is 72.3 Å². The smallest absolute Gasteiger partial charge is 0.265 e. The van der Waals surface area contributed by atoms with Crippen LogP contribution >= 0.6 is 0 Å². The number of rotatable bonds is 7. The van der Waals surface area contributed by atoms with E-state index in [0.717, 1.165) is 10.8 Å². The number of carbonyl (C=O) groups is 2. The molecule has 2 amide bonds. The number of carbonyl (C=O) groups excluding carboxylic acids is 2. The van der Waals surface area contributed by atoms with E-state index in [-0.39, 0.29) is 11.8 Å². The van der Waals surface area contributed by atoms with Crippen molar-refractivity contribution >= 4 is 28.3 Å². The second kappa shape index (κ2) is 9.24. The predicted octanol–water partition coefficient (Wildman–Crippen LogP) is 4.63. The molecule has 0 saturated carbocycles. The van der Waals surface area contributed by atoms with Crippen molar-refractivity contribution in [3.63, 3.8) is 0 Å². The maximum atomic E-state index is 12.7. The molecule has 0 bridgehead atoms. The van der Waals surface area contributed by atoms with Gasteiger partial charge in [0.05, 0.1) is 11.3 Å². The largest absolute Gasteiger partial charge is 0.481 e. The fourth-order valence-electron chi connectivity index (χ4n) is 2.91. The van der Waals surface area contributed by atoms with E-state index < -0.39 is 6.10 Å². The van der Waals surface area contributed by atoms with Gasteiger partial charge < -0.3 is 15.4 Å². The average molecular weight is 390 g/mol. The average Bonchev–Trinajstić information content (AvgIpc) is 2.72. The lowest BCUT2D eigenvalue weighted by Gasteiger charge is -2.17. The molecule has 1 atom stereocenters. The van der Waals surface area contributed by atoms with Crippen molar-refractivity contribution in [2.24, 2.45) is 5.92 Å². The van der Waals surface area contributed by atoms with Crippen LogP contribution in [0.25, 0.3) is 10.8 Å². The summed E-state index contributed by atoms with van der Waals surface area (Å²) in [7, 11) is 0. The van der Waals surface area contributed by atoms with Crippen LogP contribution in [0.4, 0.5) is 5.69 Å². The van der Waals surface area contributed by atoms with E-state index in [4.69, 9.17) is 4.74 Å². The summed E-state index contributed by atoms with van der Waals surface area (Å²) in [6.45, 7) is 6.31. The van der Waals surface area contributed by atoms with Gasteiger partial charge in [-0.2, -0.15) is 0 Å². The molecular formula is C24H26N2O3. The third-order valence-electron chi connectivity index (χ3n) is 4.50. The molecule has 29 heavy (non-hydrogen) atoms. The van der Waals surface area contributed by atoms with E-state index in [1.807, 2.05) is 56.3 Å². The highest BCUT2D eigenvalue weighted by molar-refractivity contribution is 6.04. The summed E-state index contributed by atoms with van der Waals surface area (Å²) >= 11 is 0. The van der Waals surface area contributed by atoms with Crippen LogP contribution in [-0.4, -0.2) is 24.5 Å². The first-order valence-corrected chi connectivity index (χ1v) is 9.77. The molecule has 3 rings (SSSR count). The van der Waals surface area contributed by atoms with Gasteiger partial charge in [-0.25, -0.2) is 0 Å². The third kappa shape index (κ3) is 5.35. The molecule has 0 fully saturated rings. The number of fused-ring (bicyclic) bond motifs is 1. The second-order valence-electron chi connectivity index (χ2n) is 7.41. The van der Waals surface area contributed by atoms with Gasteiger partial charge in [0, 0.05) is 6.54 Å². The van der Waals surface area contributed by atoms with E-state index in [9.17, 15) is 9.59 Å². The SMILES string of the molecule is CC(C)CNC(=O)c1ccccc1NC(=O)[C@H](C)Oc1ccc2ccccc2c1. The standard InChI is InChI=1S/C24H26N2O3/c1-16(2)15-25-24(28)21-10-6-7-11-22(21)26-23(27)17(3)29-20-13-12-18-8-4-5-9-19(18)14-20/h4-14,16-17H,15H2,1-3H3,(H,25,28)(H,26,27)/t17-/m0/s1. The molecule has 0 aliphatic rings. The van der Waals surface area contributed by atoms with E-state index in [1.54, 1.807) is 31.2 Å². The van der Waals surface area contributed by atoms with Crippen LogP contribution in [0.1, 0.15) is 31.1 Å². The fraction of sp³-hybridized carbons (Fsp3) is 0.250. The molecule has 5 heteroatoms. The van der Waals surface area contributed by atoms with Crippen LogP contribution in [-0.2, 0) is 4.79 Å². The Morgan fingerprint density at radius 2 is 1.59 bits per heavy atom. The van der Waals surface area contributed by atoms with Crippen LogP contribution in [0.2, 0.25) is 0 Å². The number of hydrogen-bond donors (Lipinski definition) is 2. The first kappa shape index (κ1) is 20.4. The maximum absolute atomic E-state index is 12.7. The topological polar surface area (TPSA) is 67.4 Å². The fourth-order valence-corrected chi connectivity index (χ4v) is 2.91. The number of benzene rings is 3. The van der Waals surface area contributed by atoms with Crippen LogP contribution in [0.15, 0.2) is 66.7 Å². The summed E-state index contributed by atoms with van der Waals surface area (Å²) in [5.74, 6) is 0.436. The summed E-state index contributed by atoms with van der Waals surface area (Å²) in [5, 5.41) is 7.84. The third-order valence-corrected chi connectivity index (χ3v) is 4.50. The Hall–Kier alpha value is -3.34. The molecule has 150 valence electrons. The zero-order valence-electron chi connectivity index (χ0n) is 16.9. The van der Waals surface area contributed by atoms with Gasteiger partial charge >= 0.3 is 0 Å². The summed E-state index contributed by atoms with van der Waals surface area (Å²) in [6.07, 6.45) is -0.719. The highest BCUT2D eigenvalue weighted by Gasteiger charge is 2.18. The van der Waals surface area contributed by atoms with Gasteiger partial charge in [-0.3, -0.25) is 9.59 Å². The minimum absolute atomic E-state index is 0.210. The molecule has 0 radical (unpaired) electrons. The zero-order chi connectivity index (χ0) is 20.8. The summed E-state index contributed by atoms with van der Waals surface area (Å²) in [6, 6.07) is 20.6. The number of anilines is 1. The number of nitrogens with one attached hydrogen (secondary N) is 2. The van der Waals surface area contributed by atoms with Gasteiger partial charge in [-0.05, 0) is 47.9 Å². The van der Waals surface area contributed by atoms with Crippen LogP contribution < -0.4 is 15.4 Å². The Morgan fingerprint density at radius 1 is 0.897 bits per heavy atom. The number of ether oxygens (including phenoxy) is 1. The van der Waals surface area contributed by atoms with Crippen molar-refractivity contribution in [3.8, 4) is 5.75 Å². The van der Waals surface area contributed by atoms with Crippen molar-refractivity contribution in [1.82, 2.24) is 5.32 Å². The Labute approximate surface area is 171 Å². The minimum atomic E-state index is -0.719. The molecule has 0 unspecified atom stereocenters. The van der Waals surface area contributed by atoms with E-state index in [1.165, 1.54) is 0 Å². The van der Waals surface area contributed by atoms with Gasteiger partial charge in [0.15, 0.2) is 6.10 Å². The summed E-state index contributed by atoms with van der Waals surface area (Å²) < 4.78 is 5.82. The first-order chi connectivity index (χ1) is 13.9. The second-order valence-corrected chi connectivity index (χ2v) is 7.41. The monoisotopic (exact) mass is 390 g/mol. The van der Waals surface area contributed by atoms with Crippen molar-refractivity contribution in [2.75, 3.05) is 11.9 Å². The molecule has 0 aromatic heterocycles. The lowest BCUT2D eigenvalue weighted by atomic mass is 10.1. The summed E-state index contributed by atoms with van der Waals surface area (Å²) in [5.41, 5.74) is 0.895. The highest BCUT2D eigenvalue weighted by Crippen LogP contribution is 2.22. The number of para-hydroxylation sites is 1. The van der Waals surface area contributed by atoms with E-state index in [2.05, 4.69) is 10.6 Å². The van der Waals surface area contributed by atoms with Crippen LogP contribution in [0.3, 0.4) is 0 Å². The highest BCUT2D eigenvalue weighted by atomic mass is 16.5. The van der Waals surface area contributed by atoms with Gasteiger partial charge in [0.2, 0.25) is 0 Å². The van der Waals surface area contributed by atoms with E-state index >= 15 is 0 Å². The predicted molar refractivity (Wildman–Crippen MR) is 116 cm³/mol. The molecule has 3 aromatic carbocycles. The quantitative estimate of drug-likeness (QED) is 0.618. The molecule has 0 spiro atoms. The van der Waals surface area contributed by atoms with E-state index in [0.29, 0.717) is 29.5 Å².